The topological polar surface area (TPSA) is 97.6 Å². The number of sulfonamides is 1. The first kappa shape index (κ1) is 20.9. The molecule has 9 heteroatoms. The Morgan fingerprint density at radius 2 is 1.70 bits per heavy atom. The van der Waals surface area contributed by atoms with Crippen molar-refractivity contribution >= 4 is 38.2 Å². The lowest BCUT2D eigenvalue weighted by atomic mass is 10.0. The van der Waals surface area contributed by atoms with E-state index < -0.39 is 26.2 Å². The second-order valence-electron chi connectivity index (χ2n) is 6.28. The van der Waals surface area contributed by atoms with Crippen LogP contribution in [0.3, 0.4) is 0 Å². The molecule has 0 fully saturated rings. The molecular formula is C18H19ClN2O5S. The fourth-order valence-corrected chi connectivity index (χ4v) is 4.35. The van der Waals surface area contributed by atoms with Crippen LogP contribution in [0.1, 0.15) is 32.3 Å². The minimum atomic E-state index is -4.26. The first-order valence-electron chi connectivity index (χ1n) is 8.14. The fraction of sp³-hybridized carbons (Fsp3) is 0.278. The average Bonchev–Trinajstić information content (AvgIpc) is 2.62. The molecule has 0 N–H and O–H groups in total. The molecule has 0 aliphatic rings. The molecule has 0 bridgehead atoms. The van der Waals surface area contributed by atoms with Crippen LogP contribution in [0.25, 0.3) is 0 Å². The van der Waals surface area contributed by atoms with Gasteiger partial charge in [-0.15, -0.1) is 0 Å². The summed E-state index contributed by atoms with van der Waals surface area (Å²) in [5.41, 5.74) is 0.875. The van der Waals surface area contributed by atoms with Crippen LogP contribution in [-0.2, 0) is 14.8 Å². The van der Waals surface area contributed by atoms with Crippen LogP contribution < -0.4 is 4.31 Å². The molecule has 0 saturated heterocycles. The fourth-order valence-electron chi connectivity index (χ4n) is 2.54. The van der Waals surface area contributed by atoms with Crippen molar-refractivity contribution in [3.05, 3.63) is 64.2 Å². The molecule has 27 heavy (non-hydrogen) atoms. The summed E-state index contributed by atoms with van der Waals surface area (Å²) in [7, 11) is -4.26. The lowest BCUT2D eigenvalue weighted by molar-refractivity contribution is -0.385. The summed E-state index contributed by atoms with van der Waals surface area (Å²) in [6, 6.07) is 10.2. The molecule has 0 radical (unpaired) electrons. The number of rotatable bonds is 7. The quantitative estimate of drug-likeness (QED) is 0.389. The number of non-ortho nitro benzene ring substituents is 1. The zero-order valence-corrected chi connectivity index (χ0v) is 16.6. The molecular weight excluding hydrogens is 392 g/mol. The van der Waals surface area contributed by atoms with Gasteiger partial charge in [-0.2, -0.15) is 0 Å². The Hall–Kier alpha value is -2.45. The number of nitrogens with zero attached hydrogens (tertiary/aromatic N) is 2. The summed E-state index contributed by atoms with van der Waals surface area (Å²) >= 11 is 5.58. The standard InChI is InChI=1S/C18H19ClN2O5S/c1-12(2)14-7-9-15(10-8-14)20(13(3)18(19)22)27(25,26)17-6-4-5-16(11-17)21(23)24/h4-13H,1-3H3. The van der Waals surface area contributed by atoms with Crippen molar-refractivity contribution in [2.24, 2.45) is 0 Å². The van der Waals surface area contributed by atoms with Crippen molar-refractivity contribution in [2.75, 3.05) is 4.31 Å². The van der Waals surface area contributed by atoms with Gasteiger partial charge in [0.15, 0.2) is 0 Å². The van der Waals surface area contributed by atoms with Gasteiger partial charge in [-0.3, -0.25) is 19.2 Å². The molecule has 0 amide bonds. The van der Waals surface area contributed by atoms with Crippen molar-refractivity contribution in [3.63, 3.8) is 0 Å². The Labute approximate surface area is 162 Å². The maximum absolute atomic E-state index is 13.2. The van der Waals surface area contributed by atoms with Crippen LogP contribution in [0.2, 0.25) is 0 Å². The van der Waals surface area contributed by atoms with Crippen LogP contribution in [-0.4, -0.2) is 24.6 Å². The van der Waals surface area contributed by atoms with E-state index in [4.69, 9.17) is 11.6 Å². The van der Waals surface area contributed by atoms with E-state index in [1.54, 1.807) is 24.3 Å². The van der Waals surface area contributed by atoms with Gasteiger partial charge in [0.25, 0.3) is 15.7 Å². The van der Waals surface area contributed by atoms with Gasteiger partial charge in [0.2, 0.25) is 5.24 Å². The van der Waals surface area contributed by atoms with E-state index in [0.717, 1.165) is 15.9 Å². The molecule has 2 aromatic carbocycles. The first-order valence-corrected chi connectivity index (χ1v) is 9.95. The van der Waals surface area contributed by atoms with E-state index in [1.165, 1.54) is 25.1 Å². The number of carbonyl (C=O) groups excluding carboxylic acids is 1. The SMILES string of the molecule is CC(C)c1ccc(N(C(C)C(=O)Cl)S(=O)(=O)c2cccc([N+](=O)[O-])c2)cc1. The highest BCUT2D eigenvalue weighted by atomic mass is 35.5. The van der Waals surface area contributed by atoms with Gasteiger partial charge in [-0.25, -0.2) is 8.42 Å². The van der Waals surface area contributed by atoms with Crippen molar-refractivity contribution in [1.82, 2.24) is 0 Å². The zero-order chi connectivity index (χ0) is 20.4. The predicted octanol–water partition coefficient (Wildman–Crippen LogP) is 4.07. The smallest absolute Gasteiger partial charge is 0.270 e. The van der Waals surface area contributed by atoms with Crippen molar-refractivity contribution in [1.29, 1.82) is 0 Å². The summed E-state index contributed by atoms with van der Waals surface area (Å²) < 4.78 is 27.2. The summed E-state index contributed by atoms with van der Waals surface area (Å²) in [6.45, 7) is 5.36. The van der Waals surface area contributed by atoms with Gasteiger partial charge >= 0.3 is 0 Å². The van der Waals surface area contributed by atoms with E-state index in [-0.39, 0.29) is 22.2 Å². The van der Waals surface area contributed by atoms with Gasteiger partial charge in [0, 0.05) is 12.1 Å². The Kier molecular flexibility index (Phi) is 6.22. The van der Waals surface area contributed by atoms with E-state index in [2.05, 4.69) is 0 Å². The highest BCUT2D eigenvalue weighted by Crippen LogP contribution is 2.30. The Bertz CT molecular complexity index is 958. The lowest BCUT2D eigenvalue weighted by Gasteiger charge is -2.28. The van der Waals surface area contributed by atoms with Gasteiger partial charge < -0.3 is 0 Å². The molecule has 1 atom stereocenters. The van der Waals surface area contributed by atoms with E-state index in [1.807, 2.05) is 13.8 Å². The van der Waals surface area contributed by atoms with Crippen LogP contribution in [0.4, 0.5) is 11.4 Å². The summed E-state index contributed by atoms with van der Waals surface area (Å²) in [6.07, 6.45) is 0. The summed E-state index contributed by atoms with van der Waals surface area (Å²) in [5.74, 6) is 0.243. The van der Waals surface area contributed by atoms with Crippen LogP contribution in [0, 0.1) is 10.1 Å². The second-order valence-corrected chi connectivity index (χ2v) is 8.47. The molecule has 2 aromatic rings. The van der Waals surface area contributed by atoms with Gasteiger partial charge in [0.1, 0.15) is 6.04 Å². The molecule has 0 spiro atoms. The predicted molar refractivity (Wildman–Crippen MR) is 104 cm³/mol. The highest BCUT2D eigenvalue weighted by Gasteiger charge is 2.33. The van der Waals surface area contributed by atoms with Gasteiger partial charge in [-0.05, 0) is 48.2 Å². The van der Waals surface area contributed by atoms with Crippen LogP contribution >= 0.6 is 11.6 Å². The largest absolute Gasteiger partial charge is 0.279 e. The first-order chi connectivity index (χ1) is 12.6. The Morgan fingerprint density at radius 1 is 1.11 bits per heavy atom. The molecule has 144 valence electrons. The number of carbonyl (C=O) groups is 1. The minimum absolute atomic E-state index is 0.243. The summed E-state index contributed by atoms with van der Waals surface area (Å²) in [5, 5.41) is 10.1. The third-order valence-corrected chi connectivity index (χ3v) is 6.29. The Balaban J connectivity index is 2.61. The number of benzene rings is 2. The van der Waals surface area contributed by atoms with Gasteiger partial charge in [0.05, 0.1) is 15.5 Å². The molecule has 0 aliphatic heterocycles. The van der Waals surface area contributed by atoms with Crippen LogP contribution in [0.5, 0.6) is 0 Å². The third kappa shape index (κ3) is 4.45. The minimum Gasteiger partial charge on any atom is -0.279 e. The molecule has 7 nitrogen and oxygen atoms in total. The van der Waals surface area contributed by atoms with Crippen molar-refractivity contribution < 1.29 is 18.1 Å². The van der Waals surface area contributed by atoms with Crippen molar-refractivity contribution in [2.45, 2.75) is 37.6 Å². The van der Waals surface area contributed by atoms with Crippen molar-refractivity contribution in [3.8, 4) is 0 Å². The lowest BCUT2D eigenvalue weighted by Crippen LogP contribution is -2.42. The second kappa shape index (κ2) is 8.06. The maximum atomic E-state index is 13.2. The monoisotopic (exact) mass is 410 g/mol. The number of anilines is 1. The van der Waals surface area contributed by atoms with E-state index in [9.17, 15) is 23.3 Å². The van der Waals surface area contributed by atoms with E-state index >= 15 is 0 Å². The zero-order valence-electron chi connectivity index (χ0n) is 15.0. The maximum Gasteiger partial charge on any atom is 0.270 e. The van der Waals surface area contributed by atoms with Crippen LogP contribution in [0.15, 0.2) is 53.4 Å². The molecule has 0 aromatic heterocycles. The van der Waals surface area contributed by atoms with Gasteiger partial charge in [-0.1, -0.05) is 32.0 Å². The molecule has 2 rings (SSSR count). The number of hydrogen-bond donors (Lipinski definition) is 0. The average molecular weight is 411 g/mol. The Morgan fingerprint density at radius 3 is 2.19 bits per heavy atom. The number of halogens is 1. The normalized spacial score (nSPS) is 12.6. The molecule has 0 saturated carbocycles. The number of nitro benzene ring substituents is 1. The number of nitro groups is 1. The molecule has 1 unspecified atom stereocenters. The molecule has 0 heterocycles. The number of hydrogen-bond acceptors (Lipinski definition) is 5. The van der Waals surface area contributed by atoms with E-state index in [0.29, 0.717) is 0 Å². The third-order valence-electron chi connectivity index (χ3n) is 4.08. The summed E-state index contributed by atoms with van der Waals surface area (Å²) in [4.78, 5) is 21.7. The molecule has 0 aliphatic carbocycles. The highest BCUT2D eigenvalue weighted by molar-refractivity contribution is 7.93.